The quantitative estimate of drug-likeness (QED) is 0.293. The van der Waals surface area contributed by atoms with Crippen LogP contribution in [0.5, 0.6) is 5.75 Å². The number of esters is 1. The average Bonchev–Trinajstić information content (AvgIpc) is 2.84. The van der Waals surface area contributed by atoms with Crippen LogP contribution in [0.25, 0.3) is 0 Å². The summed E-state index contributed by atoms with van der Waals surface area (Å²) in [6.07, 6.45) is -1.17. The lowest BCUT2D eigenvalue weighted by Crippen LogP contribution is -2.64. The maximum absolute atomic E-state index is 12.9. The van der Waals surface area contributed by atoms with Crippen molar-refractivity contribution < 1.29 is 33.8 Å². The zero-order valence-electron chi connectivity index (χ0n) is 19.5. The number of hydrogen-bond acceptors (Lipinski definition) is 9. The molecule has 2 heterocycles. The predicted octanol–water partition coefficient (Wildman–Crippen LogP) is 2.76. The number of non-ortho nitro benzene ring substituents is 1. The fraction of sp³-hybridized carbons (Fsp3) is 0.458. The summed E-state index contributed by atoms with van der Waals surface area (Å²) in [6, 6.07) is 10.2. The molecule has 0 fully saturated rings. The van der Waals surface area contributed by atoms with Gasteiger partial charge in [-0.3, -0.25) is 10.1 Å². The van der Waals surface area contributed by atoms with E-state index in [9.17, 15) is 20.0 Å². The van der Waals surface area contributed by atoms with Gasteiger partial charge in [0, 0.05) is 37.6 Å². The maximum Gasteiger partial charge on any atom is 0.328 e. The third kappa shape index (κ3) is 3.77. The molecule has 34 heavy (non-hydrogen) atoms. The van der Waals surface area contributed by atoms with Crippen LogP contribution in [0.2, 0.25) is 0 Å². The summed E-state index contributed by atoms with van der Waals surface area (Å²) in [6.45, 7) is 1.65. The molecule has 0 bridgehead atoms. The molecule has 4 atom stereocenters. The van der Waals surface area contributed by atoms with Crippen LogP contribution in [0.3, 0.4) is 0 Å². The second-order valence-electron chi connectivity index (χ2n) is 8.57. The monoisotopic (exact) mass is 472 g/mol. The summed E-state index contributed by atoms with van der Waals surface area (Å²) in [4.78, 5) is 25.8. The molecule has 0 saturated heterocycles. The summed E-state index contributed by atoms with van der Waals surface area (Å²) >= 11 is 0. The van der Waals surface area contributed by atoms with E-state index in [4.69, 9.17) is 18.9 Å². The van der Waals surface area contributed by atoms with Crippen molar-refractivity contribution in [2.24, 2.45) is 0 Å². The predicted molar refractivity (Wildman–Crippen MR) is 122 cm³/mol. The van der Waals surface area contributed by atoms with Crippen molar-refractivity contribution in [1.82, 2.24) is 0 Å². The van der Waals surface area contributed by atoms with Crippen LogP contribution in [-0.2, 0) is 25.4 Å². The Morgan fingerprint density at radius 1 is 1.24 bits per heavy atom. The first-order valence-electron chi connectivity index (χ1n) is 10.9. The second kappa shape index (κ2) is 9.21. The fourth-order valence-corrected chi connectivity index (χ4v) is 5.09. The molecule has 2 aromatic rings. The Hall–Kier alpha value is -3.21. The van der Waals surface area contributed by atoms with Gasteiger partial charge in [-0.25, -0.2) is 4.79 Å². The average molecular weight is 472 g/mol. The lowest BCUT2D eigenvalue weighted by atomic mass is 9.81. The Bertz CT molecular complexity index is 1090. The number of methoxy groups -OCH3 is 3. The van der Waals surface area contributed by atoms with E-state index in [0.29, 0.717) is 24.2 Å². The van der Waals surface area contributed by atoms with E-state index >= 15 is 0 Å². The molecule has 0 amide bonds. The van der Waals surface area contributed by atoms with Crippen LogP contribution in [-0.4, -0.2) is 61.4 Å². The van der Waals surface area contributed by atoms with E-state index in [0.717, 1.165) is 11.3 Å². The van der Waals surface area contributed by atoms with E-state index in [1.54, 1.807) is 11.8 Å². The third-order valence-corrected chi connectivity index (χ3v) is 6.70. The number of aliphatic hydroxyl groups excluding tert-OH is 1. The molecule has 10 heteroatoms. The lowest BCUT2D eigenvalue weighted by Gasteiger charge is -2.52. The number of carbonyl (C=O) groups is 1. The van der Waals surface area contributed by atoms with Gasteiger partial charge in [0.05, 0.1) is 18.1 Å². The molecule has 2 aliphatic rings. The summed E-state index contributed by atoms with van der Waals surface area (Å²) in [5.74, 6) is -0.133. The van der Waals surface area contributed by atoms with Crippen molar-refractivity contribution in [3.05, 3.63) is 63.7 Å². The van der Waals surface area contributed by atoms with E-state index in [2.05, 4.69) is 0 Å². The van der Waals surface area contributed by atoms with Crippen molar-refractivity contribution >= 4 is 17.3 Å². The Balaban J connectivity index is 1.97. The number of ether oxygens (including phenoxy) is 4. The highest BCUT2D eigenvalue weighted by atomic mass is 16.7. The molecule has 182 valence electrons. The number of nitrogens with zero attached hydrogens (tertiary/aromatic N) is 2. The third-order valence-electron chi connectivity index (χ3n) is 6.70. The van der Waals surface area contributed by atoms with Crippen LogP contribution in [0.15, 0.2) is 42.5 Å². The van der Waals surface area contributed by atoms with Crippen molar-refractivity contribution in [2.45, 2.75) is 49.8 Å². The van der Waals surface area contributed by atoms with Crippen LogP contribution in [0, 0.1) is 10.1 Å². The molecule has 2 aliphatic heterocycles. The number of fused-ring (bicyclic) bond motifs is 2. The molecular weight excluding hydrogens is 444 g/mol. The SMILES string of the molecule is COC(=O)[C@@H]1CCc2ccccc2N1[C@H]1c2cc([N+](=O)[O-])ccc2O[C@](C)(C(OC)OC)[C@@H]1O. The minimum Gasteiger partial charge on any atom is -0.479 e. The first-order valence-corrected chi connectivity index (χ1v) is 10.9. The van der Waals surface area contributed by atoms with Gasteiger partial charge < -0.3 is 29.0 Å². The molecule has 10 nitrogen and oxygen atoms in total. The van der Waals surface area contributed by atoms with E-state index in [-0.39, 0.29) is 5.69 Å². The molecule has 0 unspecified atom stereocenters. The molecule has 0 spiro atoms. The van der Waals surface area contributed by atoms with Crippen LogP contribution in [0.1, 0.15) is 30.5 Å². The Morgan fingerprint density at radius 2 is 1.94 bits per heavy atom. The minimum atomic E-state index is -1.40. The zero-order valence-corrected chi connectivity index (χ0v) is 19.5. The van der Waals surface area contributed by atoms with Gasteiger partial charge in [-0.2, -0.15) is 0 Å². The van der Waals surface area contributed by atoms with Gasteiger partial charge in [-0.1, -0.05) is 18.2 Å². The highest BCUT2D eigenvalue weighted by molar-refractivity contribution is 5.82. The summed E-state index contributed by atoms with van der Waals surface area (Å²) in [5.41, 5.74) is 0.560. The number of rotatable bonds is 6. The van der Waals surface area contributed by atoms with Gasteiger partial charge in [0.15, 0.2) is 11.9 Å². The smallest absolute Gasteiger partial charge is 0.328 e. The Morgan fingerprint density at radius 3 is 2.59 bits per heavy atom. The van der Waals surface area contributed by atoms with Gasteiger partial charge in [0.1, 0.15) is 17.9 Å². The molecule has 4 rings (SSSR count). The Labute approximate surface area is 197 Å². The summed E-state index contributed by atoms with van der Waals surface area (Å²) in [5, 5.41) is 23.4. The van der Waals surface area contributed by atoms with Gasteiger partial charge in [0.2, 0.25) is 0 Å². The van der Waals surface area contributed by atoms with Crippen molar-refractivity contribution in [3.63, 3.8) is 0 Å². The summed E-state index contributed by atoms with van der Waals surface area (Å²) in [7, 11) is 4.18. The molecular formula is C24H28N2O8. The van der Waals surface area contributed by atoms with Crippen molar-refractivity contribution in [3.8, 4) is 5.75 Å². The van der Waals surface area contributed by atoms with Crippen molar-refractivity contribution in [2.75, 3.05) is 26.2 Å². The van der Waals surface area contributed by atoms with Gasteiger partial charge in [0.25, 0.3) is 5.69 Å². The van der Waals surface area contributed by atoms with Gasteiger partial charge in [-0.15, -0.1) is 0 Å². The molecule has 2 aromatic carbocycles. The maximum atomic E-state index is 12.9. The highest BCUT2D eigenvalue weighted by Crippen LogP contribution is 2.49. The number of benzene rings is 2. The number of aryl methyl sites for hydroxylation is 1. The van der Waals surface area contributed by atoms with Crippen molar-refractivity contribution in [1.29, 1.82) is 0 Å². The van der Waals surface area contributed by atoms with E-state index < -0.39 is 41.0 Å². The normalized spacial score (nSPS) is 25.8. The second-order valence-corrected chi connectivity index (χ2v) is 8.57. The van der Waals surface area contributed by atoms with E-state index in [1.807, 2.05) is 24.3 Å². The molecule has 0 saturated carbocycles. The summed E-state index contributed by atoms with van der Waals surface area (Å²) < 4.78 is 22.2. The van der Waals surface area contributed by atoms with Crippen LogP contribution < -0.4 is 9.64 Å². The topological polar surface area (TPSA) is 121 Å². The standard InChI is InChI=1S/C24H28N2O8/c1-24(23(32-3)33-4)21(27)20(16-13-15(26(29)30)10-12-19(16)34-24)25-17-8-6-5-7-14(17)9-11-18(25)22(28)31-2/h5-8,10,12-13,18,20-21,23,27H,9,11H2,1-4H3/t18-,20-,21+,24-/m0/s1. The number of aliphatic hydroxyl groups is 1. The van der Waals surface area contributed by atoms with Gasteiger partial charge in [-0.05, 0) is 37.5 Å². The number of hydrogen-bond donors (Lipinski definition) is 1. The number of para-hydroxylation sites is 1. The number of nitro groups is 1. The lowest BCUT2D eigenvalue weighted by molar-refractivity contribution is -0.385. The number of anilines is 1. The van der Waals surface area contributed by atoms with Crippen LogP contribution >= 0.6 is 0 Å². The Kier molecular flexibility index (Phi) is 6.48. The first-order chi connectivity index (χ1) is 16.3. The number of nitro benzene ring substituents is 1. The molecule has 0 aromatic heterocycles. The molecule has 0 radical (unpaired) electrons. The first kappa shape index (κ1) is 23.9. The molecule has 0 aliphatic carbocycles. The largest absolute Gasteiger partial charge is 0.479 e. The van der Waals surface area contributed by atoms with Crippen LogP contribution in [0.4, 0.5) is 11.4 Å². The molecule has 1 N–H and O–H groups in total. The highest BCUT2D eigenvalue weighted by Gasteiger charge is 2.56. The van der Waals surface area contributed by atoms with E-state index in [1.165, 1.54) is 39.5 Å². The minimum absolute atomic E-state index is 0.155. The van der Waals surface area contributed by atoms with Gasteiger partial charge >= 0.3 is 5.97 Å². The zero-order chi connectivity index (χ0) is 24.6. The number of carbonyl (C=O) groups excluding carboxylic acids is 1. The fourth-order valence-electron chi connectivity index (χ4n) is 5.09.